The van der Waals surface area contributed by atoms with Crippen LogP contribution in [0.15, 0.2) is 12.4 Å². The summed E-state index contributed by atoms with van der Waals surface area (Å²) in [5, 5.41) is 19.0. The maximum atomic E-state index is 12.7. The van der Waals surface area contributed by atoms with Gasteiger partial charge in [-0.3, -0.25) is 0 Å². The van der Waals surface area contributed by atoms with Crippen LogP contribution in [0.1, 0.15) is 18.4 Å². The first-order valence-electron chi connectivity index (χ1n) is 9.09. The fourth-order valence-electron chi connectivity index (χ4n) is 4.44. The van der Waals surface area contributed by atoms with Crippen LogP contribution in [0.25, 0.3) is 5.52 Å². The van der Waals surface area contributed by atoms with Gasteiger partial charge >= 0.3 is 6.18 Å². The molecule has 0 bridgehead atoms. The molecule has 1 aliphatic carbocycles. The molecule has 2 aromatic heterocycles. The highest BCUT2D eigenvalue weighted by Gasteiger charge is 2.56. The molecule has 2 aliphatic rings. The lowest BCUT2D eigenvalue weighted by molar-refractivity contribution is -0.207. The van der Waals surface area contributed by atoms with Crippen molar-refractivity contribution in [2.24, 2.45) is 10.6 Å². The van der Waals surface area contributed by atoms with Crippen molar-refractivity contribution in [1.29, 1.82) is 0 Å². The largest absolute Gasteiger partial charge is 0.415 e. The SMILES string of the molecule is Cc1cc(Cl)n2ncnc(N3CC4(CC(N(C[C@@H](O)C(F)(F)F)S(N)(=O)=O)C4)C3)c12. The molecule has 3 N–H and O–H groups in total. The van der Waals surface area contributed by atoms with Crippen molar-refractivity contribution >= 4 is 33.1 Å². The first-order valence-corrected chi connectivity index (χ1v) is 11.0. The number of anilines is 1. The molecule has 0 radical (unpaired) electrons. The van der Waals surface area contributed by atoms with Gasteiger partial charge in [-0.1, -0.05) is 11.6 Å². The summed E-state index contributed by atoms with van der Waals surface area (Å²) in [5.41, 5.74) is 1.44. The highest BCUT2D eigenvalue weighted by molar-refractivity contribution is 7.86. The third kappa shape index (κ3) is 3.62. The van der Waals surface area contributed by atoms with Crippen LogP contribution in [0.5, 0.6) is 0 Å². The van der Waals surface area contributed by atoms with Crippen molar-refractivity contribution in [1.82, 2.24) is 18.9 Å². The Morgan fingerprint density at radius 2 is 2.07 bits per heavy atom. The second-order valence-electron chi connectivity index (χ2n) is 8.08. The summed E-state index contributed by atoms with van der Waals surface area (Å²) in [5.74, 6) is 0.694. The number of hydrogen-bond donors (Lipinski definition) is 2. The fraction of sp³-hybridized carbons (Fsp3) is 0.625. The second kappa shape index (κ2) is 6.92. The topological polar surface area (TPSA) is 117 Å². The number of fused-ring (bicyclic) bond motifs is 1. The zero-order chi connectivity index (χ0) is 22.1. The minimum Gasteiger partial charge on any atom is -0.382 e. The van der Waals surface area contributed by atoms with E-state index in [1.807, 2.05) is 11.8 Å². The molecular formula is C16H20ClF3N6O3S. The molecule has 3 heterocycles. The Hall–Kier alpha value is -1.67. The van der Waals surface area contributed by atoms with Crippen LogP contribution in [0.2, 0.25) is 5.15 Å². The van der Waals surface area contributed by atoms with E-state index in [1.54, 1.807) is 10.6 Å². The van der Waals surface area contributed by atoms with Gasteiger partial charge in [0, 0.05) is 24.5 Å². The number of aromatic nitrogens is 3. The van der Waals surface area contributed by atoms with E-state index in [2.05, 4.69) is 10.1 Å². The summed E-state index contributed by atoms with van der Waals surface area (Å²) >= 11 is 6.16. The van der Waals surface area contributed by atoms with Gasteiger partial charge in [-0.15, -0.1) is 0 Å². The van der Waals surface area contributed by atoms with Crippen molar-refractivity contribution in [3.8, 4) is 0 Å². The molecule has 4 rings (SSSR count). The maximum Gasteiger partial charge on any atom is 0.415 e. The molecule has 166 valence electrons. The average Bonchev–Trinajstić information content (AvgIpc) is 2.84. The van der Waals surface area contributed by atoms with Gasteiger partial charge in [0.2, 0.25) is 0 Å². The Bertz CT molecular complexity index is 1080. The Kier molecular flexibility index (Phi) is 4.97. The molecule has 0 amide bonds. The average molecular weight is 469 g/mol. The molecule has 1 saturated heterocycles. The van der Waals surface area contributed by atoms with Gasteiger partial charge in [-0.2, -0.15) is 31.0 Å². The minimum absolute atomic E-state index is 0.233. The monoisotopic (exact) mass is 468 g/mol. The summed E-state index contributed by atoms with van der Waals surface area (Å²) < 4.78 is 63.7. The summed E-state index contributed by atoms with van der Waals surface area (Å²) in [4.78, 5) is 6.34. The Morgan fingerprint density at radius 3 is 2.63 bits per heavy atom. The molecule has 2 fully saturated rings. The van der Waals surface area contributed by atoms with Crippen LogP contribution < -0.4 is 10.0 Å². The summed E-state index contributed by atoms with van der Waals surface area (Å²) in [6.07, 6.45) is -5.61. The van der Waals surface area contributed by atoms with Crippen molar-refractivity contribution < 1.29 is 26.7 Å². The summed E-state index contributed by atoms with van der Waals surface area (Å²) in [7, 11) is -4.39. The van der Waals surface area contributed by atoms with E-state index in [0.717, 1.165) is 11.1 Å². The quantitative estimate of drug-likeness (QED) is 0.678. The van der Waals surface area contributed by atoms with E-state index in [0.29, 0.717) is 41.2 Å². The maximum absolute atomic E-state index is 12.7. The number of aryl methyl sites for hydroxylation is 1. The van der Waals surface area contributed by atoms with E-state index in [4.69, 9.17) is 16.7 Å². The lowest BCUT2D eigenvalue weighted by Gasteiger charge is -2.60. The van der Waals surface area contributed by atoms with Crippen molar-refractivity contribution in [3.63, 3.8) is 0 Å². The van der Waals surface area contributed by atoms with Gasteiger partial charge in [0.1, 0.15) is 17.0 Å². The van der Waals surface area contributed by atoms with Gasteiger partial charge < -0.3 is 10.0 Å². The molecular weight excluding hydrogens is 449 g/mol. The van der Waals surface area contributed by atoms with Crippen LogP contribution in [-0.4, -0.2) is 70.4 Å². The van der Waals surface area contributed by atoms with Gasteiger partial charge in [-0.25, -0.2) is 14.6 Å². The highest BCUT2D eigenvalue weighted by Crippen LogP contribution is 2.52. The fourth-order valence-corrected chi connectivity index (χ4v) is 5.65. The van der Waals surface area contributed by atoms with Gasteiger partial charge in [0.05, 0.1) is 6.54 Å². The third-order valence-electron chi connectivity index (χ3n) is 5.84. The number of hydrogen-bond acceptors (Lipinski definition) is 6. The molecule has 0 unspecified atom stereocenters. The zero-order valence-electron chi connectivity index (χ0n) is 15.8. The number of aliphatic hydroxyl groups is 1. The molecule has 14 heteroatoms. The van der Waals surface area contributed by atoms with E-state index in [1.165, 1.54) is 6.33 Å². The minimum atomic E-state index is -4.92. The van der Waals surface area contributed by atoms with E-state index in [-0.39, 0.29) is 5.41 Å². The van der Waals surface area contributed by atoms with Crippen LogP contribution in [0.4, 0.5) is 19.0 Å². The number of halogens is 4. The molecule has 2 aromatic rings. The van der Waals surface area contributed by atoms with Crippen LogP contribution in [-0.2, 0) is 10.2 Å². The number of aliphatic hydroxyl groups excluding tert-OH is 1. The van der Waals surface area contributed by atoms with E-state index in [9.17, 15) is 26.7 Å². The lowest BCUT2D eigenvalue weighted by Crippen LogP contribution is -2.68. The van der Waals surface area contributed by atoms with Crippen molar-refractivity contribution in [3.05, 3.63) is 23.1 Å². The molecule has 1 spiro atoms. The van der Waals surface area contributed by atoms with Gasteiger partial charge in [0.25, 0.3) is 10.2 Å². The van der Waals surface area contributed by atoms with Gasteiger partial charge in [-0.05, 0) is 31.4 Å². The van der Waals surface area contributed by atoms with Gasteiger partial charge in [0.15, 0.2) is 11.9 Å². The van der Waals surface area contributed by atoms with E-state index >= 15 is 0 Å². The summed E-state index contributed by atoms with van der Waals surface area (Å²) in [6, 6.07) is 1.09. The van der Waals surface area contributed by atoms with Crippen molar-refractivity contribution in [2.45, 2.75) is 38.1 Å². The Morgan fingerprint density at radius 1 is 1.43 bits per heavy atom. The number of alkyl halides is 3. The van der Waals surface area contributed by atoms with Crippen LogP contribution in [0.3, 0.4) is 0 Å². The lowest BCUT2D eigenvalue weighted by atomic mass is 9.60. The Labute approximate surface area is 175 Å². The normalized spacial score (nSPS) is 20.6. The number of nitrogens with zero attached hydrogens (tertiary/aromatic N) is 5. The standard InChI is InChI=1S/C16H20ClF3N6O3S/c1-9-2-12(17)26-13(9)14(22-8-23-26)24-6-15(7-24)3-10(4-15)25(30(21,28)29)5-11(27)16(18,19)20/h2,8,10-11,27H,3-7H2,1H3,(H2,21,28,29)/t11-/m1/s1. The highest BCUT2D eigenvalue weighted by atomic mass is 35.5. The summed E-state index contributed by atoms with van der Waals surface area (Å²) in [6.45, 7) is 1.91. The first-order chi connectivity index (χ1) is 13.8. The van der Waals surface area contributed by atoms with Crippen LogP contribution in [0, 0.1) is 12.3 Å². The predicted octanol–water partition coefficient (Wildman–Crippen LogP) is 1.09. The molecule has 30 heavy (non-hydrogen) atoms. The first kappa shape index (κ1) is 21.6. The number of rotatable bonds is 5. The van der Waals surface area contributed by atoms with Crippen molar-refractivity contribution in [2.75, 3.05) is 24.5 Å². The smallest absolute Gasteiger partial charge is 0.382 e. The molecule has 9 nitrogen and oxygen atoms in total. The van der Waals surface area contributed by atoms with Crippen LogP contribution >= 0.6 is 11.6 Å². The second-order valence-corrected chi connectivity index (χ2v) is 9.97. The molecule has 1 saturated carbocycles. The molecule has 1 aliphatic heterocycles. The predicted molar refractivity (Wildman–Crippen MR) is 102 cm³/mol. The number of nitrogens with two attached hydrogens (primary N) is 1. The third-order valence-corrected chi connectivity index (χ3v) is 7.21. The zero-order valence-corrected chi connectivity index (χ0v) is 17.4. The molecule has 0 aromatic carbocycles. The molecule has 1 atom stereocenters. The van der Waals surface area contributed by atoms with E-state index < -0.39 is 35.1 Å². The Balaban J connectivity index is 1.45.